The van der Waals surface area contributed by atoms with E-state index >= 15 is 0 Å². The highest BCUT2D eigenvalue weighted by Crippen LogP contribution is 2.28. The normalized spacial score (nSPS) is 13.9. The first-order valence-corrected chi connectivity index (χ1v) is 12.4. The lowest BCUT2D eigenvalue weighted by Crippen LogP contribution is -2.43. The first-order valence-electron chi connectivity index (χ1n) is 11.0. The number of hydrogen-bond acceptors (Lipinski definition) is 7. The average Bonchev–Trinajstić information content (AvgIpc) is 3.39. The van der Waals surface area contributed by atoms with Gasteiger partial charge in [-0.3, -0.25) is 25.2 Å². The smallest absolute Gasteiger partial charge is 0.290 e. The minimum Gasteiger partial charge on any atom is -0.371 e. The van der Waals surface area contributed by atoms with E-state index in [4.69, 9.17) is 0 Å². The largest absolute Gasteiger partial charge is 0.371 e. The minimum absolute atomic E-state index is 0.0346. The fraction of sp³-hybridized carbons (Fsp3) is 0.304. The molecule has 2 N–H and O–H groups in total. The molecule has 12 heteroatoms. The minimum atomic E-state index is -3.78. The Morgan fingerprint density at radius 3 is 2.26 bits per heavy atom. The number of carbonyl (C=O) groups is 2. The van der Waals surface area contributed by atoms with E-state index in [0.29, 0.717) is 16.5 Å². The molecule has 1 saturated heterocycles. The summed E-state index contributed by atoms with van der Waals surface area (Å²) in [6.45, 7) is 1.47. The number of aryl methyl sites for hydroxylation is 1. The van der Waals surface area contributed by atoms with Crippen molar-refractivity contribution in [3.8, 4) is 0 Å². The number of nitrogens with one attached hydrogen (secondary N) is 2. The van der Waals surface area contributed by atoms with Crippen LogP contribution in [0.25, 0.3) is 10.8 Å². The van der Waals surface area contributed by atoms with Crippen molar-refractivity contribution in [1.82, 2.24) is 24.9 Å². The second-order valence-electron chi connectivity index (χ2n) is 8.39. The lowest BCUT2D eigenvalue weighted by molar-refractivity contribution is 0.0844. The summed E-state index contributed by atoms with van der Waals surface area (Å²) in [6, 6.07) is 10.9. The number of hydrogen-bond donors (Lipinski definition) is 2. The number of amides is 2. The van der Waals surface area contributed by atoms with Crippen LogP contribution in [0.3, 0.4) is 0 Å². The van der Waals surface area contributed by atoms with E-state index in [1.165, 1.54) is 33.3 Å². The Bertz CT molecular complexity index is 1480. The van der Waals surface area contributed by atoms with Gasteiger partial charge in [0.25, 0.3) is 17.4 Å². The molecule has 1 aromatic heterocycles. The Hall–Kier alpha value is -3.77. The average molecular weight is 499 g/mol. The first kappa shape index (κ1) is 24.4. The topological polar surface area (TPSA) is 134 Å². The third kappa shape index (κ3) is 4.62. The van der Waals surface area contributed by atoms with Crippen LogP contribution in [-0.4, -0.2) is 61.5 Å². The monoisotopic (exact) mass is 498 g/mol. The van der Waals surface area contributed by atoms with E-state index in [-0.39, 0.29) is 21.7 Å². The zero-order valence-electron chi connectivity index (χ0n) is 19.6. The maximum Gasteiger partial charge on any atom is 0.290 e. The molecule has 4 rings (SSSR count). The molecular weight excluding hydrogens is 472 g/mol. The molecule has 35 heavy (non-hydrogen) atoms. The SMILES string of the molecule is CN(C)S(=O)(=O)c1ccc(N2CCCC2)c(C(=O)NNC(=O)c2nn(C)c(=O)c3ccccc23)c1. The number of nitrogens with zero attached hydrogens (tertiary/aromatic N) is 4. The van der Waals surface area contributed by atoms with Gasteiger partial charge in [-0.1, -0.05) is 18.2 Å². The van der Waals surface area contributed by atoms with Gasteiger partial charge in [0.15, 0.2) is 5.69 Å². The second kappa shape index (κ2) is 9.47. The zero-order chi connectivity index (χ0) is 25.3. The number of benzene rings is 2. The summed E-state index contributed by atoms with van der Waals surface area (Å²) in [7, 11) is 0.480. The van der Waals surface area contributed by atoms with Crippen LogP contribution in [0.1, 0.15) is 33.7 Å². The van der Waals surface area contributed by atoms with Crippen molar-refractivity contribution in [2.24, 2.45) is 7.05 Å². The molecule has 0 atom stereocenters. The van der Waals surface area contributed by atoms with Crippen LogP contribution >= 0.6 is 0 Å². The van der Waals surface area contributed by atoms with Gasteiger partial charge in [0.1, 0.15) is 0 Å². The van der Waals surface area contributed by atoms with Crippen LogP contribution < -0.4 is 21.3 Å². The molecule has 0 aliphatic carbocycles. The van der Waals surface area contributed by atoms with Gasteiger partial charge in [0.05, 0.1) is 15.8 Å². The third-order valence-corrected chi connectivity index (χ3v) is 7.71. The van der Waals surface area contributed by atoms with Crippen LogP contribution in [0.15, 0.2) is 52.2 Å². The number of carbonyl (C=O) groups excluding carboxylic acids is 2. The molecule has 1 aliphatic rings. The Balaban J connectivity index is 1.65. The molecule has 3 aromatic rings. The molecule has 2 aromatic carbocycles. The molecule has 11 nitrogen and oxygen atoms in total. The predicted octanol–water partition coefficient (Wildman–Crippen LogP) is 0.859. The maximum atomic E-state index is 13.2. The number of rotatable bonds is 5. The molecule has 0 saturated carbocycles. The van der Waals surface area contributed by atoms with E-state index in [9.17, 15) is 22.8 Å². The zero-order valence-corrected chi connectivity index (χ0v) is 20.4. The molecule has 0 bridgehead atoms. The Morgan fingerprint density at radius 1 is 0.971 bits per heavy atom. The van der Waals surface area contributed by atoms with E-state index in [1.807, 2.05) is 4.90 Å². The highest BCUT2D eigenvalue weighted by Gasteiger charge is 2.25. The first-order chi connectivity index (χ1) is 16.6. The van der Waals surface area contributed by atoms with Crippen molar-refractivity contribution in [3.63, 3.8) is 0 Å². The molecular formula is C23H26N6O5S. The summed E-state index contributed by atoms with van der Waals surface area (Å²) >= 11 is 0. The third-order valence-electron chi connectivity index (χ3n) is 5.90. The molecule has 0 unspecified atom stereocenters. The molecule has 0 radical (unpaired) electrons. The van der Waals surface area contributed by atoms with Gasteiger partial charge in [0.2, 0.25) is 10.0 Å². The fourth-order valence-corrected chi connectivity index (χ4v) is 4.94. The molecule has 2 amide bonds. The number of fused-ring (bicyclic) bond motifs is 1. The van der Waals surface area contributed by atoms with Crippen molar-refractivity contribution in [2.45, 2.75) is 17.7 Å². The summed E-state index contributed by atoms with van der Waals surface area (Å²) in [4.78, 5) is 40.3. The van der Waals surface area contributed by atoms with E-state index < -0.39 is 21.8 Å². The van der Waals surface area contributed by atoms with Gasteiger partial charge in [-0.25, -0.2) is 17.4 Å². The predicted molar refractivity (Wildman–Crippen MR) is 131 cm³/mol. The second-order valence-corrected chi connectivity index (χ2v) is 10.5. The van der Waals surface area contributed by atoms with Crippen molar-refractivity contribution in [1.29, 1.82) is 0 Å². The van der Waals surface area contributed by atoms with Crippen LogP contribution in [0.4, 0.5) is 5.69 Å². The highest BCUT2D eigenvalue weighted by atomic mass is 32.2. The number of aromatic nitrogens is 2. The number of hydrazine groups is 1. The van der Waals surface area contributed by atoms with Gasteiger partial charge in [-0.15, -0.1) is 0 Å². The van der Waals surface area contributed by atoms with Gasteiger partial charge in [-0.05, 0) is 37.1 Å². The molecule has 0 spiro atoms. The molecule has 1 aliphatic heterocycles. The van der Waals surface area contributed by atoms with E-state index in [1.54, 1.807) is 30.3 Å². The summed E-state index contributed by atoms with van der Waals surface area (Å²) in [5.41, 5.74) is 5.02. The fourth-order valence-electron chi connectivity index (χ4n) is 4.01. The standard InChI is InChI=1S/C23H26N6O5S/c1-27(2)35(33,34)15-10-11-19(29-12-6-7-13-29)18(14-15)21(30)24-25-22(31)20-16-8-4-5-9-17(16)23(32)28(3)26-20/h4-5,8-11,14H,6-7,12-13H2,1-3H3,(H,24,30)(H,25,31). The van der Waals surface area contributed by atoms with Gasteiger partial charge in [0, 0.05) is 45.3 Å². The summed E-state index contributed by atoms with van der Waals surface area (Å²) in [6.07, 6.45) is 1.92. The van der Waals surface area contributed by atoms with Crippen molar-refractivity contribution >= 4 is 38.3 Å². The van der Waals surface area contributed by atoms with E-state index in [2.05, 4.69) is 16.0 Å². The Morgan fingerprint density at radius 2 is 1.60 bits per heavy atom. The quantitative estimate of drug-likeness (QED) is 0.499. The summed E-state index contributed by atoms with van der Waals surface area (Å²) in [5.74, 6) is -1.39. The van der Waals surface area contributed by atoms with Crippen LogP contribution in [-0.2, 0) is 17.1 Å². The van der Waals surface area contributed by atoms with Crippen LogP contribution in [0, 0.1) is 0 Å². The van der Waals surface area contributed by atoms with Gasteiger partial charge < -0.3 is 4.90 Å². The van der Waals surface area contributed by atoms with Gasteiger partial charge in [-0.2, -0.15) is 5.10 Å². The lowest BCUT2D eigenvalue weighted by atomic mass is 10.1. The van der Waals surface area contributed by atoms with E-state index in [0.717, 1.165) is 34.9 Å². The highest BCUT2D eigenvalue weighted by molar-refractivity contribution is 7.89. The Labute approximate surface area is 202 Å². The number of sulfonamides is 1. The molecule has 1 fully saturated rings. The van der Waals surface area contributed by atoms with Gasteiger partial charge >= 0.3 is 0 Å². The van der Waals surface area contributed by atoms with Crippen molar-refractivity contribution in [3.05, 3.63) is 64.1 Å². The molecule has 2 heterocycles. The van der Waals surface area contributed by atoms with Crippen LogP contribution in [0.5, 0.6) is 0 Å². The Kier molecular flexibility index (Phi) is 6.59. The number of anilines is 1. The lowest BCUT2D eigenvalue weighted by Gasteiger charge is -2.22. The molecule has 184 valence electrons. The van der Waals surface area contributed by atoms with Crippen LogP contribution in [0.2, 0.25) is 0 Å². The summed E-state index contributed by atoms with van der Waals surface area (Å²) < 4.78 is 27.4. The van der Waals surface area contributed by atoms with Crippen molar-refractivity contribution < 1.29 is 18.0 Å². The maximum absolute atomic E-state index is 13.2. The summed E-state index contributed by atoms with van der Waals surface area (Å²) in [5, 5.41) is 4.71. The van der Waals surface area contributed by atoms with Crippen molar-refractivity contribution in [2.75, 3.05) is 32.1 Å².